The minimum Gasteiger partial charge on any atom is -0.340 e. The van der Waals surface area contributed by atoms with Gasteiger partial charge in [-0.25, -0.2) is 4.39 Å². The fourth-order valence-electron chi connectivity index (χ4n) is 3.02. The number of carbonyl (C=O) groups is 1. The molecule has 0 radical (unpaired) electrons. The molecule has 1 heterocycles. The van der Waals surface area contributed by atoms with E-state index in [4.69, 9.17) is 11.6 Å². The number of benzene rings is 1. The topological polar surface area (TPSA) is 32.3 Å². The summed E-state index contributed by atoms with van der Waals surface area (Å²) in [6.45, 7) is 4.35. The Labute approximate surface area is 123 Å². The van der Waals surface area contributed by atoms with E-state index in [0.29, 0.717) is 23.0 Å². The lowest BCUT2D eigenvalue weighted by atomic mass is 10.1. The van der Waals surface area contributed by atoms with Crippen LogP contribution in [0.15, 0.2) is 18.2 Å². The fourth-order valence-corrected chi connectivity index (χ4v) is 3.32. The monoisotopic (exact) mass is 296 g/mol. The summed E-state index contributed by atoms with van der Waals surface area (Å²) in [4.78, 5) is 14.3. The number of hydrogen-bond donors (Lipinski definition) is 1. The summed E-state index contributed by atoms with van der Waals surface area (Å²) in [6, 6.07) is 5.01. The average Bonchev–Trinajstić information content (AvgIpc) is 3.18. The highest BCUT2D eigenvalue weighted by Crippen LogP contribution is 2.51. The number of halogens is 2. The second kappa shape index (κ2) is 5.34. The van der Waals surface area contributed by atoms with Gasteiger partial charge in [0.2, 0.25) is 5.91 Å². The van der Waals surface area contributed by atoms with Gasteiger partial charge >= 0.3 is 0 Å². The Morgan fingerprint density at radius 2 is 2.30 bits per heavy atom. The second-order valence-corrected chi connectivity index (χ2v) is 6.13. The van der Waals surface area contributed by atoms with E-state index in [1.54, 1.807) is 12.1 Å². The maximum atomic E-state index is 13.9. The maximum absolute atomic E-state index is 13.9. The number of piperazine rings is 1. The van der Waals surface area contributed by atoms with Crippen LogP contribution in [-0.4, -0.2) is 36.5 Å². The van der Waals surface area contributed by atoms with Gasteiger partial charge in [-0.3, -0.25) is 4.79 Å². The fraction of sp³-hybridized carbons (Fsp3) is 0.533. The molecule has 1 saturated heterocycles. The lowest BCUT2D eigenvalue weighted by Gasteiger charge is -2.32. The molecule has 3 rings (SSSR count). The number of amides is 1. The van der Waals surface area contributed by atoms with Crippen molar-refractivity contribution < 1.29 is 9.18 Å². The average molecular weight is 297 g/mol. The van der Waals surface area contributed by atoms with Crippen molar-refractivity contribution in [3.8, 4) is 0 Å². The highest BCUT2D eigenvalue weighted by atomic mass is 35.5. The van der Waals surface area contributed by atoms with E-state index in [9.17, 15) is 9.18 Å². The van der Waals surface area contributed by atoms with Crippen molar-refractivity contribution >= 4 is 17.5 Å². The minimum atomic E-state index is -0.300. The van der Waals surface area contributed by atoms with Crippen molar-refractivity contribution in [2.45, 2.75) is 25.3 Å². The summed E-state index contributed by atoms with van der Waals surface area (Å²) in [5, 5.41) is 3.74. The van der Waals surface area contributed by atoms with Crippen molar-refractivity contribution in [3.05, 3.63) is 34.6 Å². The van der Waals surface area contributed by atoms with Gasteiger partial charge < -0.3 is 10.2 Å². The van der Waals surface area contributed by atoms with E-state index in [1.807, 2.05) is 4.90 Å². The van der Waals surface area contributed by atoms with Crippen LogP contribution in [0.5, 0.6) is 0 Å². The molecule has 0 bridgehead atoms. The van der Waals surface area contributed by atoms with Crippen LogP contribution in [0, 0.1) is 11.7 Å². The predicted octanol–water partition coefficient (Wildman–Crippen LogP) is 2.40. The number of carbonyl (C=O) groups excluding carboxylic acids is 1. The Kier molecular flexibility index (Phi) is 3.69. The first-order valence-electron chi connectivity index (χ1n) is 7.04. The van der Waals surface area contributed by atoms with Crippen LogP contribution in [0.2, 0.25) is 5.02 Å². The SMILES string of the molecule is C[C@@H]1CN(C(=O)[C@@H]2C[C@H]2c2c(F)cccc2Cl)CCN1. The van der Waals surface area contributed by atoms with E-state index in [0.717, 1.165) is 19.6 Å². The summed E-state index contributed by atoms with van der Waals surface area (Å²) >= 11 is 6.07. The summed E-state index contributed by atoms with van der Waals surface area (Å²) in [6.07, 6.45) is 0.706. The molecule has 1 aliphatic heterocycles. The van der Waals surface area contributed by atoms with Gasteiger partial charge in [0.05, 0.1) is 0 Å². The summed E-state index contributed by atoms with van der Waals surface area (Å²) in [5.41, 5.74) is 0.510. The molecule has 1 aliphatic carbocycles. The molecule has 1 aromatic carbocycles. The zero-order valence-corrected chi connectivity index (χ0v) is 12.2. The zero-order valence-electron chi connectivity index (χ0n) is 11.4. The van der Waals surface area contributed by atoms with Gasteiger partial charge in [0.15, 0.2) is 0 Å². The quantitative estimate of drug-likeness (QED) is 0.909. The molecule has 2 aliphatic rings. The molecule has 3 nitrogen and oxygen atoms in total. The Hall–Kier alpha value is -1.13. The Balaban J connectivity index is 1.71. The van der Waals surface area contributed by atoms with Crippen LogP contribution >= 0.6 is 11.6 Å². The third-order valence-electron chi connectivity index (χ3n) is 4.16. The van der Waals surface area contributed by atoms with Crippen LogP contribution in [0.3, 0.4) is 0 Å². The Morgan fingerprint density at radius 1 is 1.50 bits per heavy atom. The highest BCUT2D eigenvalue weighted by molar-refractivity contribution is 6.31. The van der Waals surface area contributed by atoms with E-state index in [2.05, 4.69) is 12.2 Å². The van der Waals surface area contributed by atoms with Crippen molar-refractivity contribution in [2.75, 3.05) is 19.6 Å². The third kappa shape index (κ3) is 2.54. The van der Waals surface area contributed by atoms with Crippen LogP contribution in [0.25, 0.3) is 0 Å². The lowest BCUT2D eigenvalue weighted by Crippen LogP contribution is -2.51. The highest BCUT2D eigenvalue weighted by Gasteiger charge is 2.48. The number of nitrogens with zero attached hydrogens (tertiary/aromatic N) is 1. The largest absolute Gasteiger partial charge is 0.340 e. The van der Waals surface area contributed by atoms with Crippen molar-refractivity contribution in [3.63, 3.8) is 0 Å². The first kappa shape index (κ1) is 13.8. The molecule has 108 valence electrons. The standard InChI is InChI=1S/C15H18ClFN2O/c1-9-8-19(6-5-18-9)15(20)11-7-10(11)14-12(16)3-2-4-13(14)17/h2-4,9-11,18H,5-8H2,1H3/t9-,10-,11-/m1/s1. The van der Waals surface area contributed by atoms with E-state index in [1.165, 1.54) is 6.07 Å². The smallest absolute Gasteiger partial charge is 0.226 e. The molecule has 1 N–H and O–H groups in total. The Morgan fingerprint density at radius 3 is 3.00 bits per heavy atom. The molecular formula is C15H18ClFN2O. The van der Waals surface area contributed by atoms with E-state index < -0.39 is 0 Å². The van der Waals surface area contributed by atoms with E-state index in [-0.39, 0.29) is 23.6 Å². The second-order valence-electron chi connectivity index (χ2n) is 5.72. The van der Waals surface area contributed by atoms with Gasteiger partial charge in [0.25, 0.3) is 0 Å². The summed E-state index contributed by atoms with van der Waals surface area (Å²) in [7, 11) is 0. The summed E-state index contributed by atoms with van der Waals surface area (Å²) in [5.74, 6) is -0.315. The van der Waals surface area contributed by atoms with Crippen molar-refractivity contribution in [1.82, 2.24) is 10.2 Å². The minimum absolute atomic E-state index is 0.0543. The first-order chi connectivity index (χ1) is 9.58. The zero-order chi connectivity index (χ0) is 14.3. The van der Waals surface area contributed by atoms with Gasteiger partial charge in [-0.2, -0.15) is 0 Å². The van der Waals surface area contributed by atoms with Gasteiger partial charge in [-0.15, -0.1) is 0 Å². The third-order valence-corrected chi connectivity index (χ3v) is 4.49. The van der Waals surface area contributed by atoms with Crippen molar-refractivity contribution in [2.24, 2.45) is 5.92 Å². The molecule has 3 atom stereocenters. The van der Waals surface area contributed by atoms with Crippen molar-refractivity contribution in [1.29, 1.82) is 0 Å². The van der Waals surface area contributed by atoms with Gasteiger partial charge in [-0.05, 0) is 25.5 Å². The predicted molar refractivity (Wildman–Crippen MR) is 76.3 cm³/mol. The molecule has 1 amide bonds. The maximum Gasteiger partial charge on any atom is 0.226 e. The normalized spacial score (nSPS) is 29.4. The number of hydrogen-bond acceptors (Lipinski definition) is 2. The Bertz CT molecular complexity index is 516. The van der Waals surface area contributed by atoms with Crippen LogP contribution in [-0.2, 0) is 4.79 Å². The van der Waals surface area contributed by atoms with Gasteiger partial charge in [-0.1, -0.05) is 17.7 Å². The molecule has 0 unspecified atom stereocenters. The molecule has 20 heavy (non-hydrogen) atoms. The number of nitrogens with one attached hydrogen (secondary N) is 1. The number of rotatable bonds is 2. The molecule has 0 aromatic heterocycles. The lowest BCUT2D eigenvalue weighted by molar-refractivity contribution is -0.133. The van der Waals surface area contributed by atoms with Gasteiger partial charge in [0.1, 0.15) is 5.82 Å². The van der Waals surface area contributed by atoms with Crippen LogP contribution < -0.4 is 5.32 Å². The van der Waals surface area contributed by atoms with Crippen LogP contribution in [0.1, 0.15) is 24.8 Å². The van der Waals surface area contributed by atoms with Gasteiger partial charge in [0, 0.05) is 48.1 Å². The van der Waals surface area contributed by atoms with E-state index >= 15 is 0 Å². The molecule has 1 aromatic rings. The molecule has 1 saturated carbocycles. The molecular weight excluding hydrogens is 279 g/mol. The molecule has 0 spiro atoms. The first-order valence-corrected chi connectivity index (χ1v) is 7.42. The summed E-state index contributed by atoms with van der Waals surface area (Å²) < 4.78 is 13.9. The molecule has 5 heteroatoms. The molecule has 2 fully saturated rings. The van der Waals surface area contributed by atoms with Crippen LogP contribution in [0.4, 0.5) is 4.39 Å².